The van der Waals surface area contributed by atoms with Gasteiger partial charge in [0.1, 0.15) is 0 Å². The summed E-state index contributed by atoms with van der Waals surface area (Å²) in [5, 5.41) is 3.77. The normalized spacial score (nSPS) is 12.0. The summed E-state index contributed by atoms with van der Waals surface area (Å²) in [5.74, 6) is 0.0701. The Morgan fingerprint density at radius 3 is 2.48 bits per heavy atom. The Morgan fingerprint density at radius 1 is 1.14 bits per heavy atom. The average Bonchev–Trinajstić information content (AvgIpc) is 2.47. The van der Waals surface area contributed by atoms with Gasteiger partial charge in [0.15, 0.2) is 0 Å². The van der Waals surface area contributed by atoms with E-state index >= 15 is 0 Å². The molecule has 21 heavy (non-hydrogen) atoms. The lowest BCUT2D eigenvalue weighted by Gasteiger charge is -2.16. The van der Waals surface area contributed by atoms with Gasteiger partial charge in [-0.3, -0.25) is 4.79 Å². The van der Waals surface area contributed by atoms with Crippen LogP contribution in [0, 0.1) is 6.92 Å². The summed E-state index contributed by atoms with van der Waals surface area (Å²) in [5.41, 5.74) is 3.48. The molecule has 0 bridgehead atoms. The van der Waals surface area contributed by atoms with Crippen LogP contribution in [-0.4, -0.2) is 5.91 Å². The molecular weight excluding hydrogens is 282 g/mol. The quantitative estimate of drug-likeness (QED) is 0.868. The lowest BCUT2D eigenvalue weighted by Crippen LogP contribution is -2.27. The van der Waals surface area contributed by atoms with E-state index in [2.05, 4.69) is 24.4 Å². The van der Waals surface area contributed by atoms with Crippen molar-refractivity contribution in [3.05, 3.63) is 70.2 Å². The van der Waals surface area contributed by atoms with Crippen molar-refractivity contribution in [3.8, 4) is 0 Å². The highest BCUT2D eigenvalue weighted by Crippen LogP contribution is 2.17. The SMILES string of the molecule is Cc1ccccc1[C@H](C)NC(=O)CCc1ccc(Cl)cc1. The van der Waals surface area contributed by atoms with E-state index < -0.39 is 0 Å². The van der Waals surface area contributed by atoms with Crippen LogP contribution < -0.4 is 5.32 Å². The van der Waals surface area contributed by atoms with Crippen LogP contribution in [0.2, 0.25) is 5.02 Å². The zero-order valence-electron chi connectivity index (χ0n) is 12.4. The van der Waals surface area contributed by atoms with Crippen LogP contribution in [0.25, 0.3) is 0 Å². The lowest BCUT2D eigenvalue weighted by molar-refractivity contribution is -0.121. The van der Waals surface area contributed by atoms with E-state index in [0.29, 0.717) is 6.42 Å². The molecule has 0 aliphatic rings. The number of rotatable bonds is 5. The summed E-state index contributed by atoms with van der Waals surface area (Å²) in [4.78, 5) is 12.0. The second-order valence-electron chi connectivity index (χ2n) is 5.27. The van der Waals surface area contributed by atoms with Gasteiger partial charge in [-0.15, -0.1) is 0 Å². The standard InChI is InChI=1S/C18H20ClNO/c1-13-5-3-4-6-17(13)14(2)20-18(21)12-9-15-7-10-16(19)11-8-15/h3-8,10-11,14H,9,12H2,1-2H3,(H,20,21)/t14-/m0/s1. The molecule has 1 N–H and O–H groups in total. The van der Waals surface area contributed by atoms with Crippen LogP contribution in [0.1, 0.15) is 36.1 Å². The highest BCUT2D eigenvalue weighted by molar-refractivity contribution is 6.30. The third-order valence-corrected chi connectivity index (χ3v) is 3.84. The summed E-state index contributed by atoms with van der Waals surface area (Å²) in [6.45, 7) is 4.08. The minimum absolute atomic E-state index is 0.0314. The van der Waals surface area contributed by atoms with Crippen LogP contribution in [0.15, 0.2) is 48.5 Å². The second kappa shape index (κ2) is 7.28. The zero-order valence-corrected chi connectivity index (χ0v) is 13.2. The molecule has 0 unspecified atom stereocenters. The first-order chi connectivity index (χ1) is 10.1. The Labute approximate surface area is 131 Å². The smallest absolute Gasteiger partial charge is 0.220 e. The number of amides is 1. The number of carbonyl (C=O) groups excluding carboxylic acids is 1. The van der Waals surface area contributed by atoms with Gasteiger partial charge in [-0.1, -0.05) is 48.0 Å². The molecule has 3 heteroatoms. The van der Waals surface area contributed by atoms with Crippen molar-refractivity contribution >= 4 is 17.5 Å². The van der Waals surface area contributed by atoms with Crippen LogP contribution in [0.3, 0.4) is 0 Å². The van der Waals surface area contributed by atoms with Gasteiger partial charge < -0.3 is 5.32 Å². The van der Waals surface area contributed by atoms with Gasteiger partial charge in [0.2, 0.25) is 5.91 Å². The van der Waals surface area contributed by atoms with Crippen LogP contribution in [-0.2, 0) is 11.2 Å². The van der Waals surface area contributed by atoms with E-state index in [1.165, 1.54) is 5.56 Å². The predicted molar refractivity (Wildman–Crippen MR) is 87.5 cm³/mol. The van der Waals surface area contributed by atoms with Crippen LogP contribution in [0.4, 0.5) is 0 Å². The molecule has 2 aromatic rings. The maximum atomic E-state index is 12.0. The van der Waals surface area contributed by atoms with Crippen molar-refractivity contribution in [1.82, 2.24) is 5.32 Å². The Kier molecular flexibility index (Phi) is 5.40. The highest BCUT2D eigenvalue weighted by atomic mass is 35.5. The fourth-order valence-corrected chi connectivity index (χ4v) is 2.50. The first-order valence-electron chi connectivity index (χ1n) is 7.15. The van der Waals surface area contributed by atoms with E-state index in [4.69, 9.17) is 11.6 Å². The van der Waals surface area contributed by atoms with E-state index in [-0.39, 0.29) is 11.9 Å². The number of halogens is 1. The molecule has 1 amide bonds. The van der Waals surface area contributed by atoms with Gasteiger partial charge in [0.25, 0.3) is 0 Å². The predicted octanol–water partition coefficient (Wildman–Crippen LogP) is 4.46. The maximum Gasteiger partial charge on any atom is 0.220 e. The van der Waals surface area contributed by atoms with Crippen molar-refractivity contribution in [2.45, 2.75) is 32.7 Å². The average molecular weight is 302 g/mol. The maximum absolute atomic E-state index is 12.0. The minimum Gasteiger partial charge on any atom is -0.350 e. The minimum atomic E-state index is 0.0314. The molecular formula is C18H20ClNO. The Hall–Kier alpha value is -1.80. The van der Waals surface area contributed by atoms with Gasteiger partial charge >= 0.3 is 0 Å². The van der Waals surface area contributed by atoms with Crippen molar-refractivity contribution in [1.29, 1.82) is 0 Å². The van der Waals surface area contributed by atoms with Crippen LogP contribution >= 0.6 is 11.6 Å². The van der Waals surface area contributed by atoms with Crippen molar-refractivity contribution in [2.24, 2.45) is 0 Å². The second-order valence-corrected chi connectivity index (χ2v) is 5.71. The highest BCUT2D eigenvalue weighted by Gasteiger charge is 2.11. The molecule has 0 aliphatic carbocycles. The number of hydrogen-bond donors (Lipinski definition) is 1. The van der Waals surface area contributed by atoms with Gasteiger partial charge in [-0.05, 0) is 49.1 Å². The monoisotopic (exact) mass is 301 g/mol. The zero-order chi connectivity index (χ0) is 15.2. The molecule has 0 fully saturated rings. The van der Waals surface area contributed by atoms with Gasteiger partial charge in [-0.2, -0.15) is 0 Å². The van der Waals surface area contributed by atoms with Crippen LogP contribution in [0.5, 0.6) is 0 Å². The summed E-state index contributed by atoms with van der Waals surface area (Å²) in [6, 6.07) is 15.8. The number of carbonyl (C=O) groups is 1. The van der Waals surface area contributed by atoms with Gasteiger partial charge in [0, 0.05) is 11.4 Å². The fourth-order valence-electron chi connectivity index (χ4n) is 2.37. The summed E-state index contributed by atoms with van der Waals surface area (Å²) >= 11 is 5.85. The molecule has 110 valence electrons. The van der Waals surface area contributed by atoms with Crippen molar-refractivity contribution < 1.29 is 4.79 Å². The number of benzene rings is 2. The summed E-state index contributed by atoms with van der Waals surface area (Å²) < 4.78 is 0. The van der Waals surface area contributed by atoms with Gasteiger partial charge in [0.05, 0.1) is 6.04 Å². The lowest BCUT2D eigenvalue weighted by atomic mass is 10.0. The number of hydrogen-bond acceptors (Lipinski definition) is 1. The summed E-state index contributed by atoms with van der Waals surface area (Å²) in [6.07, 6.45) is 1.21. The van der Waals surface area contributed by atoms with Crippen molar-refractivity contribution in [3.63, 3.8) is 0 Å². The largest absolute Gasteiger partial charge is 0.350 e. The Morgan fingerprint density at radius 2 is 1.81 bits per heavy atom. The first-order valence-corrected chi connectivity index (χ1v) is 7.53. The number of aryl methyl sites for hydroxylation is 2. The number of nitrogens with one attached hydrogen (secondary N) is 1. The molecule has 0 aromatic heterocycles. The molecule has 0 aliphatic heterocycles. The van der Waals surface area contributed by atoms with Gasteiger partial charge in [-0.25, -0.2) is 0 Å². The van der Waals surface area contributed by atoms with E-state index in [9.17, 15) is 4.79 Å². The molecule has 1 atom stereocenters. The molecule has 2 aromatic carbocycles. The molecule has 2 rings (SSSR count). The Balaban J connectivity index is 1.87. The molecule has 0 saturated heterocycles. The molecule has 0 radical (unpaired) electrons. The molecule has 2 nitrogen and oxygen atoms in total. The van der Waals surface area contributed by atoms with E-state index in [1.54, 1.807) is 0 Å². The fraction of sp³-hybridized carbons (Fsp3) is 0.278. The first kappa shape index (κ1) is 15.6. The van der Waals surface area contributed by atoms with Crippen molar-refractivity contribution in [2.75, 3.05) is 0 Å². The molecule has 0 spiro atoms. The van der Waals surface area contributed by atoms with E-state index in [1.807, 2.05) is 43.3 Å². The topological polar surface area (TPSA) is 29.1 Å². The van der Waals surface area contributed by atoms with E-state index in [0.717, 1.165) is 22.6 Å². The third kappa shape index (κ3) is 4.61. The molecule has 0 heterocycles. The Bertz CT molecular complexity index is 607. The summed E-state index contributed by atoms with van der Waals surface area (Å²) in [7, 11) is 0. The third-order valence-electron chi connectivity index (χ3n) is 3.59. The molecule has 0 saturated carbocycles.